The minimum atomic E-state index is 0.298. The molecule has 0 aliphatic carbocycles. The van der Waals surface area contributed by atoms with Crippen molar-refractivity contribution in [1.82, 2.24) is 15.3 Å². The molecule has 0 aliphatic rings. The second-order valence-electron chi connectivity index (χ2n) is 5.45. The highest BCUT2D eigenvalue weighted by atomic mass is 14.9. The van der Waals surface area contributed by atoms with Crippen LogP contribution in [0.5, 0.6) is 0 Å². The zero-order valence-electron chi connectivity index (χ0n) is 13.3. The molecule has 2 rings (SSSR count). The van der Waals surface area contributed by atoms with Crippen molar-refractivity contribution in [3.05, 3.63) is 59.2 Å². The topological polar surface area (TPSA) is 37.8 Å². The van der Waals surface area contributed by atoms with Gasteiger partial charge in [-0.15, -0.1) is 0 Å². The highest BCUT2D eigenvalue weighted by molar-refractivity contribution is 5.22. The smallest absolute Gasteiger partial charge is 0.0422 e. The van der Waals surface area contributed by atoms with Crippen LogP contribution in [0.3, 0.4) is 0 Å². The molecule has 0 aliphatic heterocycles. The van der Waals surface area contributed by atoms with Gasteiger partial charge in [0.15, 0.2) is 0 Å². The number of aromatic nitrogens is 2. The number of rotatable bonds is 7. The summed E-state index contributed by atoms with van der Waals surface area (Å²) in [5.74, 6) is 0. The second kappa shape index (κ2) is 7.89. The molecule has 0 fully saturated rings. The van der Waals surface area contributed by atoms with Crippen molar-refractivity contribution >= 4 is 0 Å². The van der Waals surface area contributed by atoms with Gasteiger partial charge in [-0.3, -0.25) is 9.97 Å². The van der Waals surface area contributed by atoms with Gasteiger partial charge in [-0.05, 0) is 55.6 Å². The van der Waals surface area contributed by atoms with E-state index in [2.05, 4.69) is 53.4 Å². The van der Waals surface area contributed by atoms with E-state index in [9.17, 15) is 0 Å². The predicted molar refractivity (Wildman–Crippen MR) is 87.3 cm³/mol. The third-order valence-corrected chi connectivity index (χ3v) is 3.67. The maximum atomic E-state index is 4.59. The molecule has 0 aromatic carbocycles. The molecule has 2 heterocycles. The molecule has 21 heavy (non-hydrogen) atoms. The molecule has 112 valence electrons. The molecule has 2 aromatic rings. The van der Waals surface area contributed by atoms with Crippen molar-refractivity contribution < 1.29 is 0 Å². The van der Waals surface area contributed by atoms with Crippen molar-refractivity contribution in [2.75, 3.05) is 6.54 Å². The fraction of sp³-hybridized carbons (Fsp3) is 0.444. The lowest BCUT2D eigenvalue weighted by Gasteiger charge is -2.19. The van der Waals surface area contributed by atoms with E-state index in [1.165, 1.54) is 11.1 Å². The minimum absolute atomic E-state index is 0.298. The first-order valence-electron chi connectivity index (χ1n) is 7.82. The Morgan fingerprint density at radius 2 is 2.00 bits per heavy atom. The molecule has 3 heteroatoms. The number of hydrogen-bond donors (Lipinski definition) is 1. The first-order chi connectivity index (χ1) is 10.2. The Morgan fingerprint density at radius 1 is 1.14 bits per heavy atom. The SMILES string of the molecule is CCCNC(Cc1ccc(CC)cn1)c1ccnc(C)c1. The predicted octanol–water partition coefficient (Wildman–Crippen LogP) is 3.63. The third kappa shape index (κ3) is 4.64. The Hall–Kier alpha value is -1.74. The molecule has 0 spiro atoms. The van der Waals surface area contributed by atoms with E-state index in [-0.39, 0.29) is 0 Å². The summed E-state index contributed by atoms with van der Waals surface area (Å²) < 4.78 is 0. The van der Waals surface area contributed by atoms with Crippen LogP contribution in [0.1, 0.15) is 48.8 Å². The molecule has 1 atom stereocenters. The summed E-state index contributed by atoms with van der Waals surface area (Å²) in [7, 11) is 0. The molecule has 2 aromatic heterocycles. The van der Waals surface area contributed by atoms with Crippen LogP contribution in [0.4, 0.5) is 0 Å². The summed E-state index contributed by atoms with van der Waals surface area (Å²) >= 11 is 0. The van der Waals surface area contributed by atoms with E-state index >= 15 is 0 Å². The molecule has 0 saturated carbocycles. The third-order valence-electron chi connectivity index (χ3n) is 3.67. The number of hydrogen-bond acceptors (Lipinski definition) is 3. The summed E-state index contributed by atoms with van der Waals surface area (Å²) in [4.78, 5) is 8.88. The van der Waals surface area contributed by atoms with Crippen molar-refractivity contribution in [3.63, 3.8) is 0 Å². The standard InChI is InChI=1S/C18H25N3/c1-4-9-20-18(16-8-10-19-14(3)11-16)12-17-7-6-15(5-2)13-21-17/h6-8,10-11,13,18,20H,4-5,9,12H2,1-3H3. The fourth-order valence-electron chi connectivity index (χ4n) is 2.40. The number of nitrogens with one attached hydrogen (secondary N) is 1. The zero-order valence-corrected chi connectivity index (χ0v) is 13.3. The van der Waals surface area contributed by atoms with Crippen molar-refractivity contribution in [2.45, 2.75) is 46.1 Å². The molecule has 0 radical (unpaired) electrons. The van der Waals surface area contributed by atoms with E-state index in [0.29, 0.717) is 6.04 Å². The van der Waals surface area contributed by atoms with Gasteiger partial charge in [0.2, 0.25) is 0 Å². The molecule has 0 bridgehead atoms. The second-order valence-corrected chi connectivity index (χ2v) is 5.45. The molecule has 0 amide bonds. The van der Waals surface area contributed by atoms with Gasteiger partial charge in [0, 0.05) is 36.2 Å². The van der Waals surface area contributed by atoms with Gasteiger partial charge < -0.3 is 5.32 Å². The Balaban J connectivity index is 2.15. The summed E-state index contributed by atoms with van der Waals surface area (Å²) in [6, 6.07) is 8.88. The summed E-state index contributed by atoms with van der Waals surface area (Å²) in [5.41, 5.74) is 4.77. The molecule has 1 N–H and O–H groups in total. The fourth-order valence-corrected chi connectivity index (χ4v) is 2.40. The van der Waals surface area contributed by atoms with E-state index in [4.69, 9.17) is 0 Å². The average Bonchev–Trinajstić information content (AvgIpc) is 2.52. The van der Waals surface area contributed by atoms with Crippen molar-refractivity contribution in [3.8, 4) is 0 Å². The van der Waals surface area contributed by atoms with Gasteiger partial charge in [-0.25, -0.2) is 0 Å². The molecule has 0 saturated heterocycles. The normalized spacial score (nSPS) is 12.3. The highest BCUT2D eigenvalue weighted by Crippen LogP contribution is 2.18. The van der Waals surface area contributed by atoms with Crippen LogP contribution in [-0.2, 0) is 12.8 Å². The van der Waals surface area contributed by atoms with Gasteiger partial charge in [0.05, 0.1) is 0 Å². The Bertz CT molecular complexity index is 549. The van der Waals surface area contributed by atoms with Crippen LogP contribution in [0.2, 0.25) is 0 Å². The van der Waals surface area contributed by atoms with Gasteiger partial charge in [0.1, 0.15) is 0 Å². The molecular weight excluding hydrogens is 258 g/mol. The quantitative estimate of drug-likeness (QED) is 0.843. The van der Waals surface area contributed by atoms with E-state index in [1.807, 2.05) is 19.3 Å². The largest absolute Gasteiger partial charge is 0.310 e. The lowest BCUT2D eigenvalue weighted by molar-refractivity contribution is 0.523. The maximum absolute atomic E-state index is 4.59. The molecular formula is C18H25N3. The van der Waals surface area contributed by atoms with Crippen LogP contribution in [0.15, 0.2) is 36.7 Å². The number of nitrogens with zero attached hydrogens (tertiary/aromatic N) is 2. The lowest BCUT2D eigenvalue weighted by atomic mass is 10.0. The van der Waals surface area contributed by atoms with Gasteiger partial charge in [-0.1, -0.05) is 19.9 Å². The Morgan fingerprint density at radius 3 is 2.62 bits per heavy atom. The zero-order chi connectivity index (χ0) is 15.1. The van der Waals surface area contributed by atoms with E-state index < -0.39 is 0 Å². The monoisotopic (exact) mass is 283 g/mol. The minimum Gasteiger partial charge on any atom is -0.310 e. The summed E-state index contributed by atoms with van der Waals surface area (Å²) in [5, 5.41) is 3.62. The number of pyridine rings is 2. The first-order valence-corrected chi connectivity index (χ1v) is 7.82. The number of aryl methyl sites for hydroxylation is 2. The van der Waals surface area contributed by atoms with Crippen molar-refractivity contribution in [1.29, 1.82) is 0 Å². The van der Waals surface area contributed by atoms with E-state index in [0.717, 1.165) is 37.2 Å². The first kappa shape index (κ1) is 15.6. The Labute approximate surface area is 127 Å². The highest BCUT2D eigenvalue weighted by Gasteiger charge is 2.12. The van der Waals surface area contributed by atoms with Gasteiger partial charge >= 0.3 is 0 Å². The van der Waals surface area contributed by atoms with Crippen LogP contribution in [0, 0.1) is 6.92 Å². The lowest BCUT2D eigenvalue weighted by Crippen LogP contribution is -2.24. The van der Waals surface area contributed by atoms with Crippen LogP contribution < -0.4 is 5.32 Å². The summed E-state index contributed by atoms with van der Waals surface area (Å²) in [6.07, 6.45) is 6.95. The summed E-state index contributed by atoms with van der Waals surface area (Å²) in [6.45, 7) is 7.39. The average molecular weight is 283 g/mol. The van der Waals surface area contributed by atoms with Crippen molar-refractivity contribution in [2.24, 2.45) is 0 Å². The van der Waals surface area contributed by atoms with Crippen LogP contribution in [0.25, 0.3) is 0 Å². The van der Waals surface area contributed by atoms with Gasteiger partial charge in [0.25, 0.3) is 0 Å². The maximum Gasteiger partial charge on any atom is 0.0422 e. The van der Waals surface area contributed by atoms with Crippen LogP contribution >= 0.6 is 0 Å². The van der Waals surface area contributed by atoms with E-state index in [1.54, 1.807) is 0 Å². The van der Waals surface area contributed by atoms with Crippen LogP contribution in [-0.4, -0.2) is 16.5 Å². The molecule has 1 unspecified atom stereocenters. The molecule has 3 nitrogen and oxygen atoms in total. The Kier molecular flexibility index (Phi) is 5.88. The van der Waals surface area contributed by atoms with Gasteiger partial charge in [-0.2, -0.15) is 0 Å².